The highest BCUT2D eigenvalue weighted by Crippen LogP contribution is 2.26. The van der Waals surface area contributed by atoms with Gasteiger partial charge >= 0.3 is 0 Å². The van der Waals surface area contributed by atoms with Gasteiger partial charge in [0.1, 0.15) is 0 Å². The maximum atomic E-state index is 4.54. The molecule has 2 aliphatic rings. The Kier molecular flexibility index (Phi) is 5.77. The number of aromatic nitrogens is 3. The van der Waals surface area contributed by atoms with Crippen LogP contribution in [0.25, 0.3) is 22.2 Å². The molecule has 6 rings (SSSR count). The SMILES string of the molecule is Cn1cnc2ccc(-c3cncc(NCC(CN4CCc5ccccc5C4)N4CCC4)c3)cc21.[HH]. The third-order valence-electron chi connectivity index (χ3n) is 7.42. The number of hydrogen-bond donors (Lipinski definition) is 1. The van der Waals surface area contributed by atoms with Crippen LogP contribution in [0.4, 0.5) is 5.69 Å². The van der Waals surface area contributed by atoms with Crippen molar-refractivity contribution in [3.63, 3.8) is 0 Å². The lowest BCUT2D eigenvalue weighted by molar-refractivity contribution is 0.0863. The molecule has 2 aromatic heterocycles. The molecule has 34 heavy (non-hydrogen) atoms. The molecular formula is C28H34N6. The fourth-order valence-corrected chi connectivity index (χ4v) is 5.26. The molecule has 0 bridgehead atoms. The standard InChI is InChI=1S/C28H32N6.H2/c1-32-20-31-27-8-7-22(14-28(27)32)24-13-25(16-29-15-24)30-17-26(34-10-4-11-34)19-33-12-9-21-5-2-3-6-23(21)18-33;/h2-3,5-8,13-16,20,26,30H,4,9-12,17-19H2,1H3;1H. The molecule has 176 valence electrons. The number of nitrogens with zero attached hydrogens (tertiary/aromatic N) is 5. The second kappa shape index (κ2) is 9.20. The van der Waals surface area contributed by atoms with Gasteiger partial charge in [-0.25, -0.2) is 4.98 Å². The number of anilines is 1. The molecule has 0 radical (unpaired) electrons. The van der Waals surface area contributed by atoms with E-state index < -0.39 is 0 Å². The van der Waals surface area contributed by atoms with E-state index >= 15 is 0 Å². The van der Waals surface area contributed by atoms with Gasteiger partial charge in [-0.1, -0.05) is 30.3 Å². The predicted octanol–water partition coefficient (Wildman–Crippen LogP) is 4.43. The van der Waals surface area contributed by atoms with Gasteiger partial charge in [0.15, 0.2) is 0 Å². The van der Waals surface area contributed by atoms with Gasteiger partial charge in [-0.2, -0.15) is 0 Å². The van der Waals surface area contributed by atoms with E-state index in [-0.39, 0.29) is 1.43 Å². The zero-order valence-corrected chi connectivity index (χ0v) is 19.8. The molecule has 2 aliphatic heterocycles. The minimum Gasteiger partial charge on any atom is -0.382 e. The Morgan fingerprint density at radius 1 is 1.00 bits per heavy atom. The first-order valence-corrected chi connectivity index (χ1v) is 12.4. The number of nitrogens with one attached hydrogen (secondary N) is 1. The van der Waals surface area contributed by atoms with Crippen molar-refractivity contribution in [2.24, 2.45) is 7.05 Å². The molecule has 0 saturated carbocycles. The molecule has 2 aromatic carbocycles. The maximum Gasteiger partial charge on any atom is 0.0955 e. The summed E-state index contributed by atoms with van der Waals surface area (Å²) in [5.41, 5.74) is 8.54. The van der Waals surface area contributed by atoms with Crippen LogP contribution in [0, 0.1) is 0 Å². The van der Waals surface area contributed by atoms with Crippen LogP contribution in [-0.2, 0) is 20.0 Å². The molecule has 6 nitrogen and oxygen atoms in total. The van der Waals surface area contributed by atoms with Crippen molar-refractivity contribution in [1.82, 2.24) is 24.3 Å². The first-order valence-electron chi connectivity index (χ1n) is 12.4. The highest BCUT2D eigenvalue weighted by Gasteiger charge is 2.27. The zero-order valence-electron chi connectivity index (χ0n) is 19.8. The monoisotopic (exact) mass is 454 g/mol. The summed E-state index contributed by atoms with van der Waals surface area (Å²) in [4.78, 5) is 14.2. The van der Waals surface area contributed by atoms with Crippen molar-refractivity contribution in [3.05, 3.63) is 78.4 Å². The summed E-state index contributed by atoms with van der Waals surface area (Å²) >= 11 is 0. The van der Waals surface area contributed by atoms with Crippen LogP contribution in [0.3, 0.4) is 0 Å². The summed E-state index contributed by atoms with van der Waals surface area (Å²) in [6.45, 7) is 6.66. The second-order valence-corrected chi connectivity index (χ2v) is 9.70. The van der Waals surface area contributed by atoms with E-state index in [9.17, 15) is 0 Å². The van der Waals surface area contributed by atoms with Crippen LogP contribution in [0.1, 0.15) is 19.0 Å². The first kappa shape index (κ1) is 21.3. The Balaban J connectivity index is 0.00000253. The van der Waals surface area contributed by atoms with Crippen molar-refractivity contribution in [2.75, 3.05) is 38.0 Å². The molecule has 1 atom stereocenters. The summed E-state index contributed by atoms with van der Waals surface area (Å²) < 4.78 is 2.06. The van der Waals surface area contributed by atoms with Gasteiger partial charge in [-0.3, -0.25) is 14.8 Å². The Bertz CT molecular complexity index is 1300. The predicted molar refractivity (Wildman–Crippen MR) is 140 cm³/mol. The molecule has 4 heterocycles. The molecule has 1 unspecified atom stereocenters. The van der Waals surface area contributed by atoms with Gasteiger partial charge in [0, 0.05) is 58.7 Å². The van der Waals surface area contributed by atoms with Crippen molar-refractivity contribution in [1.29, 1.82) is 0 Å². The van der Waals surface area contributed by atoms with E-state index in [1.54, 1.807) is 0 Å². The average molecular weight is 455 g/mol. The number of benzene rings is 2. The zero-order chi connectivity index (χ0) is 22.9. The Hall–Kier alpha value is -3.22. The molecule has 1 fully saturated rings. The van der Waals surface area contributed by atoms with Crippen molar-refractivity contribution in [2.45, 2.75) is 25.4 Å². The highest BCUT2D eigenvalue weighted by atomic mass is 15.3. The van der Waals surface area contributed by atoms with Crippen LogP contribution < -0.4 is 5.32 Å². The van der Waals surface area contributed by atoms with Gasteiger partial charge in [0.2, 0.25) is 0 Å². The molecule has 1 N–H and O–H groups in total. The summed E-state index contributed by atoms with van der Waals surface area (Å²) in [5, 5.41) is 3.71. The van der Waals surface area contributed by atoms with Crippen LogP contribution in [0.5, 0.6) is 0 Å². The second-order valence-electron chi connectivity index (χ2n) is 9.70. The third kappa shape index (κ3) is 4.31. The van der Waals surface area contributed by atoms with Crippen molar-refractivity contribution >= 4 is 16.7 Å². The third-order valence-corrected chi connectivity index (χ3v) is 7.42. The lowest BCUT2D eigenvalue weighted by atomic mass is 9.99. The number of likely N-dealkylation sites (tertiary alicyclic amines) is 1. The van der Waals surface area contributed by atoms with Crippen molar-refractivity contribution < 1.29 is 1.43 Å². The molecule has 0 aliphatic carbocycles. The highest BCUT2D eigenvalue weighted by molar-refractivity contribution is 5.82. The fraction of sp³-hybridized carbons (Fsp3) is 0.357. The number of hydrogen-bond acceptors (Lipinski definition) is 5. The van der Waals surface area contributed by atoms with E-state index in [0.717, 1.165) is 54.9 Å². The summed E-state index contributed by atoms with van der Waals surface area (Å²) in [5.74, 6) is 0. The van der Waals surface area contributed by atoms with Crippen LogP contribution >= 0.6 is 0 Å². The molecule has 4 aromatic rings. The smallest absolute Gasteiger partial charge is 0.0955 e. The number of fused-ring (bicyclic) bond motifs is 2. The molecule has 0 amide bonds. The normalized spacial score (nSPS) is 17.3. The Morgan fingerprint density at radius 2 is 1.88 bits per heavy atom. The molecule has 0 spiro atoms. The number of imidazole rings is 1. The minimum atomic E-state index is 0. The largest absolute Gasteiger partial charge is 0.382 e. The van der Waals surface area contributed by atoms with Crippen LogP contribution in [-0.4, -0.2) is 63.1 Å². The van der Waals surface area contributed by atoms with Crippen molar-refractivity contribution in [3.8, 4) is 11.1 Å². The number of rotatable bonds is 7. The molecule has 6 heteroatoms. The van der Waals surface area contributed by atoms with Gasteiger partial charge in [-0.05, 0) is 60.8 Å². The first-order chi connectivity index (χ1) is 16.7. The summed E-state index contributed by atoms with van der Waals surface area (Å²) in [7, 11) is 2.03. The van der Waals surface area contributed by atoms with E-state index in [2.05, 4.69) is 78.2 Å². The fourth-order valence-electron chi connectivity index (χ4n) is 5.26. The lowest BCUT2D eigenvalue weighted by Gasteiger charge is -2.42. The Morgan fingerprint density at radius 3 is 2.74 bits per heavy atom. The van der Waals surface area contributed by atoms with E-state index in [4.69, 9.17) is 0 Å². The lowest BCUT2D eigenvalue weighted by Crippen LogP contribution is -2.53. The van der Waals surface area contributed by atoms with E-state index in [0.29, 0.717) is 6.04 Å². The van der Waals surface area contributed by atoms with E-state index in [1.165, 1.54) is 36.2 Å². The summed E-state index contributed by atoms with van der Waals surface area (Å²) in [6.07, 6.45) is 8.22. The summed E-state index contributed by atoms with van der Waals surface area (Å²) in [6, 6.07) is 18.0. The van der Waals surface area contributed by atoms with Gasteiger partial charge < -0.3 is 9.88 Å². The number of pyridine rings is 1. The van der Waals surface area contributed by atoms with Gasteiger partial charge in [0.25, 0.3) is 0 Å². The van der Waals surface area contributed by atoms with E-state index in [1.807, 2.05) is 25.8 Å². The molecular weight excluding hydrogens is 420 g/mol. The quantitative estimate of drug-likeness (QED) is 0.448. The van der Waals surface area contributed by atoms with Crippen LogP contribution in [0.2, 0.25) is 0 Å². The molecule has 1 saturated heterocycles. The average Bonchev–Trinajstić information content (AvgIpc) is 3.21. The number of aryl methyl sites for hydroxylation is 1. The van der Waals surface area contributed by atoms with Gasteiger partial charge in [-0.15, -0.1) is 0 Å². The maximum absolute atomic E-state index is 4.54. The van der Waals surface area contributed by atoms with Crippen LogP contribution in [0.15, 0.2) is 67.3 Å². The topological polar surface area (TPSA) is 49.2 Å². The Labute approximate surface area is 202 Å². The van der Waals surface area contributed by atoms with Gasteiger partial charge in [0.05, 0.1) is 23.0 Å². The minimum absolute atomic E-state index is 0.